The number of urea groups is 1. The van der Waals surface area contributed by atoms with Crippen LogP contribution in [0.4, 0.5) is 4.79 Å². The second-order valence-electron chi connectivity index (χ2n) is 3.60. The second kappa shape index (κ2) is 5.77. The lowest BCUT2D eigenvalue weighted by atomic mass is 10.1. The van der Waals surface area contributed by atoms with Gasteiger partial charge in [0, 0.05) is 13.1 Å². The Labute approximate surface area is 78.7 Å². The molecule has 5 N–H and O–H groups in total. The highest BCUT2D eigenvalue weighted by Crippen LogP contribution is 2.04. The fraction of sp³-hybridized carbons (Fsp3) is 0.875. The van der Waals surface area contributed by atoms with E-state index in [0.29, 0.717) is 19.5 Å². The minimum atomic E-state index is -0.635. The lowest BCUT2D eigenvalue weighted by Crippen LogP contribution is -2.36. The molecule has 0 aliphatic heterocycles. The molecular formula is C8H19N3O2. The number of primary amides is 1. The Morgan fingerprint density at radius 1 is 1.38 bits per heavy atom. The van der Waals surface area contributed by atoms with Gasteiger partial charge in [0.05, 0.1) is 5.60 Å². The Kier molecular flexibility index (Phi) is 5.41. The Balaban J connectivity index is 3.13. The molecule has 0 radical (unpaired) electrons. The van der Waals surface area contributed by atoms with Crippen LogP contribution in [-0.2, 0) is 0 Å². The second-order valence-corrected chi connectivity index (χ2v) is 3.60. The van der Waals surface area contributed by atoms with Gasteiger partial charge in [-0.3, -0.25) is 0 Å². The number of carbonyl (C=O) groups is 1. The third-order valence-corrected chi connectivity index (χ3v) is 1.51. The maximum Gasteiger partial charge on any atom is 0.312 e. The monoisotopic (exact) mass is 189 g/mol. The van der Waals surface area contributed by atoms with E-state index in [4.69, 9.17) is 5.73 Å². The smallest absolute Gasteiger partial charge is 0.312 e. The van der Waals surface area contributed by atoms with Crippen LogP contribution in [0.15, 0.2) is 0 Å². The molecule has 2 amide bonds. The molecular weight excluding hydrogens is 170 g/mol. The molecule has 0 spiro atoms. The van der Waals surface area contributed by atoms with Crippen LogP contribution >= 0.6 is 0 Å². The summed E-state index contributed by atoms with van der Waals surface area (Å²) in [6, 6.07) is -0.510. The average molecular weight is 189 g/mol. The van der Waals surface area contributed by atoms with Crippen molar-refractivity contribution in [1.29, 1.82) is 0 Å². The molecule has 0 atom stereocenters. The van der Waals surface area contributed by atoms with E-state index in [1.807, 2.05) is 0 Å². The molecule has 0 aliphatic rings. The molecule has 5 nitrogen and oxygen atoms in total. The van der Waals surface area contributed by atoms with Crippen LogP contribution in [0.2, 0.25) is 0 Å². The van der Waals surface area contributed by atoms with Crippen molar-refractivity contribution in [3.05, 3.63) is 0 Å². The summed E-state index contributed by atoms with van der Waals surface area (Å²) in [4.78, 5) is 10.2. The molecule has 0 aromatic rings. The first kappa shape index (κ1) is 12.2. The van der Waals surface area contributed by atoms with Gasteiger partial charge in [0.25, 0.3) is 0 Å². The predicted molar refractivity (Wildman–Crippen MR) is 51.4 cm³/mol. The predicted octanol–water partition coefficient (Wildman–Crippen LogP) is -0.595. The highest BCUT2D eigenvalue weighted by Gasteiger charge is 2.10. The zero-order valence-electron chi connectivity index (χ0n) is 8.26. The van der Waals surface area contributed by atoms with E-state index in [1.54, 1.807) is 13.8 Å². The normalized spacial score (nSPS) is 11.3. The average Bonchev–Trinajstić information content (AvgIpc) is 1.93. The highest BCUT2D eigenvalue weighted by atomic mass is 16.3. The number of rotatable bonds is 6. The fourth-order valence-electron chi connectivity index (χ4n) is 0.793. The van der Waals surface area contributed by atoms with Crippen LogP contribution in [0.3, 0.4) is 0 Å². The first-order valence-electron chi connectivity index (χ1n) is 4.38. The summed E-state index contributed by atoms with van der Waals surface area (Å²) in [5.74, 6) is 0. The number of hydrogen-bond acceptors (Lipinski definition) is 3. The van der Waals surface area contributed by atoms with Crippen LogP contribution in [0.1, 0.15) is 20.3 Å². The maximum absolute atomic E-state index is 10.2. The number of nitrogens with two attached hydrogens (primary N) is 1. The first-order valence-corrected chi connectivity index (χ1v) is 4.38. The molecule has 0 aromatic carbocycles. The minimum Gasteiger partial charge on any atom is -0.390 e. The Morgan fingerprint density at radius 2 is 2.00 bits per heavy atom. The number of aliphatic hydroxyl groups is 1. The summed E-state index contributed by atoms with van der Waals surface area (Å²) in [6.07, 6.45) is 0.684. The summed E-state index contributed by atoms with van der Waals surface area (Å²) in [6.45, 7) is 5.43. The van der Waals surface area contributed by atoms with Crippen molar-refractivity contribution in [3.8, 4) is 0 Å². The number of carbonyl (C=O) groups excluding carboxylic acids is 1. The van der Waals surface area contributed by atoms with E-state index in [9.17, 15) is 9.90 Å². The third-order valence-electron chi connectivity index (χ3n) is 1.51. The topological polar surface area (TPSA) is 87.4 Å². The van der Waals surface area contributed by atoms with Crippen molar-refractivity contribution >= 4 is 6.03 Å². The summed E-state index contributed by atoms with van der Waals surface area (Å²) >= 11 is 0. The maximum atomic E-state index is 10.2. The lowest BCUT2D eigenvalue weighted by molar-refractivity contribution is 0.0713. The van der Waals surface area contributed by atoms with Crippen LogP contribution in [0, 0.1) is 0 Å². The van der Waals surface area contributed by atoms with Gasteiger partial charge in [0.1, 0.15) is 0 Å². The molecule has 0 fully saturated rings. The summed E-state index contributed by atoms with van der Waals surface area (Å²) in [5.41, 5.74) is 4.22. The van der Waals surface area contributed by atoms with E-state index in [1.165, 1.54) is 0 Å². The third kappa shape index (κ3) is 11.2. The van der Waals surface area contributed by atoms with Crippen molar-refractivity contribution in [2.45, 2.75) is 25.9 Å². The van der Waals surface area contributed by atoms with Gasteiger partial charge >= 0.3 is 6.03 Å². The van der Waals surface area contributed by atoms with Crippen molar-refractivity contribution in [2.24, 2.45) is 5.73 Å². The van der Waals surface area contributed by atoms with E-state index in [2.05, 4.69) is 10.6 Å². The zero-order chi connectivity index (χ0) is 10.3. The quantitative estimate of drug-likeness (QED) is 0.421. The number of hydrogen-bond donors (Lipinski definition) is 4. The lowest BCUT2D eigenvalue weighted by Gasteiger charge is -2.16. The Bertz CT molecular complexity index is 154. The van der Waals surface area contributed by atoms with Crippen LogP contribution in [0.5, 0.6) is 0 Å². The fourth-order valence-corrected chi connectivity index (χ4v) is 0.793. The van der Waals surface area contributed by atoms with E-state index < -0.39 is 11.6 Å². The Morgan fingerprint density at radius 3 is 2.46 bits per heavy atom. The summed E-state index contributed by atoms with van der Waals surface area (Å²) in [7, 11) is 0. The van der Waals surface area contributed by atoms with Gasteiger partial charge in [-0.2, -0.15) is 0 Å². The first-order chi connectivity index (χ1) is 5.92. The van der Waals surface area contributed by atoms with E-state index in [-0.39, 0.29) is 0 Å². The van der Waals surface area contributed by atoms with Crippen molar-refractivity contribution in [1.82, 2.24) is 10.6 Å². The van der Waals surface area contributed by atoms with Gasteiger partial charge in [0.2, 0.25) is 0 Å². The van der Waals surface area contributed by atoms with Gasteiger partial charge < -0.3 is 21.5 Å². The standard InChI is InChI=1S/C8H19N3O2/c1-8(2,13)3-4-10-5-6-11-7(9)12/h10,13H,3-6H2,1-2H3,(H3,9,11,12). The molecule has 0 bridgehead atoms. The number of amides is 2. The van der Waals surface area contributed by atoms with Crippen molar-refractivity contribution < 1.29 is 9.90 Å². The van der Waals surface area contributed by atoms with Crippen LogP contribution < -0.4 is 16.4 Å². The number of nitrogens with one attached hydrogen (secondary N) is 2. The molecule has 0 unspecified atom stereocenters. The highest BCUT2D eigenvalue weighted by molar-refractivity contribution is 5.71. The van der Waals surface area contributed by atoms with E-state index >= 15 is 0 Å². The molecule has 0 saturated carbocycles. The zero-order valence-corrected chi connectivity index (χ0v) is 8.26. The van der Waals surface area contributed by atoms with E-state index in [0.717, 1.165) is 6.54 Å². The molecule has 13 heavy (non-hydrogen) atoms. The molecule has 0 rings (SSSR count). The van der Waals surface area contributed by atoms with Gasteiger partial charge in [-0.05, 0) is 26.8 Å². The van der Waals surface area contributed by atoms with Gasteiger partial charge in [-0.15, -0.1) is 0 Å². The van der Waals surface area contributed by atoms with Crippen LogP contribution in [0.25, 0.3) is 0 Å². The van der Waals surface area contributed by atoms with Gasteiger partial charge in [-0.1, -0.05) is 0 Å². The molecule has 0 saturated heterocycles. The Hall–Kier alpha value is -0.810. The summed E-state index contributed by atoms with van der Waals surface area (Å²) in [5, 5.41) is 14.9. The SMILES string of the molecule is CC(C)(O)CCNCCNC(N)=O. The van der Waals surface area contributed by atoms with Gasteiger partial charge in [0.15, 0.2) is 0 Å². The largest absolute Gasteiger partial charge is 0.390 e. The molecule has 0 aromatic heterocycles. The molecule has 78 valence electrons. The van der Waals surface area contributed by atoms with Gasteiger partial charge in [-0.25, -0.2) is 4.79 Å². The minimum absolute atomic E-state index is 0.510. The molecule has 5 heteroatoms. The summed E-state index contributed by atoms with van der Waals surface area (Å²) < 4.78 is 0. The molecule has 0 aliphatic carbocycles. The van der Waals surface area contributed by atoms with Crippen molar-refractivity contribution in [2.75, 3.05) is 19.6 Å². The molecule has 0 heterocycles. The van der Waals surface area contributed by atoms with Crippen LogP contribution in [-0.4, -0.2) is 36.4 Å². The van der Waals surface area contributed by atoms with Crippen molar-refractivity contribution in [3.63, 3.8) is 0 Å².